The lowest BCUT2D eigenvalue weighted by molar-refractivity contribution is 0.0122. The van der Waals surface area contributed by atoms with Gasteiger partial charge in [0.05, 0.1) is 30.7 Å². The molecule has 2 unspecified atom stereocenters. The topological polar surface area (TPSA) is 101 Å². The first-order valence-electron chi connectivity index (χ1n) is 11.6. The number of anilines is 1. The Labute approximate surface area is 202 Å². The number of halogens is 2. The van der Waals surface area contributed by atoms with Crippen molar-refractivity contribution in [2.24, 2.45) is 5.41 Å². The maximum absolute atomic E-state index is 14.9. The predicted octanol–water partition coefficient (Wildman–Crippen LogP) is 3.56. The normalized spacial score (nSPS) is 23.4. The molecule has 2 aromatic heterocycles. The third-order valence-electron chi connectivity index (χ3n) is 6.79. The Kier molecular flexibility index (Phi) is 5.71. The molecule has 3 fully saturated rings. The third-order valence-corrected chi connectivity index (χ3v) is 7.05. The summed E-state index contributed by atoms with van der Waals surface area (Å²) in [5.74, 6) is -0.232. The number of aromatic nitrogens is 3. The number of hydrogen-bond donors (Lipinski definition) is 1. The number of carbonyl (C=O) groups is 1. The van der Waals surface area contributed by atoms with Gasteiger partial charge in [-0.05, 0) is 46.5 Å². The molecule has 0 aromatic carbocycles. The van der Waals surface area contributed by atoms with Crippen LogP contribution in [0, 0.1) is 11.2 Å². The molecule has 2 aromatic rings. The number of piperazine rings is 1. The Bertz CT molecular complexity index is 1110. The summed E-state index contributed by atoms with van der Waals surface area (Å²) in [5.41, 5.74) is -0.806. The van der Waals surface area contributed by atoms with E-state index in [1.807, 2.05) is 30.6 Å². The minimum absolute atomic E-state index is 0.0214. The maximum Gasteiger partial charge on any atom is 0.410 e. The van der Waals surface area contributed by atoms with Crippen molar-refractivity contribution in [2.45, 2.75) is 64.1 Å². The van der Waals surface area contributed by atoms with E-state index in [9.17, 15) is 14.3 Å². The number of hydrogen-bond acceptors (Lipinski definition) is 8. The van der Waals surface area contributed by atoms with E-state index >= 15 is 0 Å². The molecule has 0 spiro atoms. The van der Waals surface area contributed by atoms with Gasteiger partial charge in [-0.25, -0.2) is 14.2 Å². The zero-order chi connectivity index (χ0) is 24.3. The second kappa shape index (κ2) is 8.34. The van der Waals surface area contributed by atoms with Gasteiger partial charge in [-0.3, -0.25) is 4.90 Å². The summed E-state index contributed by atoms with van der Waals surface area (Å²) in [4.78, 5) is 29.5. The quantitative estimate of drug-likeness (QED) is 0.631. The molecule has 11 heteroatoms. The number of aliphatic hydroxyl groups excluding tert-OH is 1. The van der Waals surface area contributed by atoms with E-state index in [-0.39, 0.29) is 53.5 Å². The van der Waals surface area contributed by atoms with Crippen LogP contribution in [0.1, 0.15) is 46.5 Å². The number of fused-ring (bicyclic) bond motifs is 3. The number of rotatable bonds is 5. The van der Waals surface area contributed by atoms with E-state index in [2.05, 4.69) is 15.0 Å². The Morgan fingerprint density at radius 3 is 2.53 bits per heavy atom. The fourth-order valence-corrected chi connectivity index (χ4v) is 4.87. The number of aliphatic hydroxyl groups is 1. The molecule has 2 atom stereocenters. The summed E-state index contributed by atoms with van der Waals surface area (Å²) in [6.07, 6.45) is 4.59. The summed E-state index contributed by atoms with van der Waals surface area (Å²) in [6.45, 7) is 6.88. The molecule has 9 nitrogen and oxygen atoms in total. The van der Waals surface area contributed by atoms with Crippen LogP contribution in [-0.4, -0.2) is 75.0 Å². The van der Waals surface area contributed by atoms with E-state index in [0.29, 0.717) is 24.3 Å². The number of carbonyl (C=O) groups excluding carboxylic acids is 1. The highest BCUT2D eigenvalue weighted by Crippen LogP contribution is 2.45. The lowest BCUT2D eigenvalue weighted by Crippen LogP contribution is -2.57. The van der Waals surface area contributed by atoms with Gasteiger partial charge in [-0.15, -0.1) is 0 Å². The highest BCUT2D eigenvalue weighted by molar-refractivity contribution is 6.30. The van der Waals surface area contributed by atoms with E-state index in [4.69, 9.17) is 21.1 Å². The molecule has 1 amide bonds. The number of amides is 1. The SMILES string of the molecule is CC(C)(C)OC(=O)N1C2CCC1CN(c1nc(OCC3(CO)CC3)nc3c(F)c(Cl)ncc13)C2. The lowest BCUT2D eigenvalue weighted by Gasteiger charge is -2.42. The first kappa shape index (κ1) is 23.3. The van der Waals surface area contributed by atoms with Gasteiger partial charge < -0.3 is 19.5 Å². The van der Waals surface area contributed by atoms with Gasteiger partial charge in [0.1, 0.15) is 16.9 Å². The average molecular weight is 494 g/mol. The van der Waals surface area contributed by atoms with Crippen molar-refractivity contribution in [3.05, 3.63) is 17.2 Å². The molecule has 3 aliphatic rings. The Morgan fingerprint density at radius 2 is 1.94 bits per heavy atom. The molecule has 1 N–H and O–H groups in total. The number of pyridine rings is 1. The Balaban J connectivity index is 1.45. The van der Waals surface area contributed by atoms with Gasteiger partial charge in [0.25, 0.3) is 0 Å². The maximum atomic E-state index is 14.9. The molecule has 5 rings (SSSR count). The molecular formula is C23H29ClFN5O4. The van der Waals surface area contributed by atoms with Crippen LogP contribution < -0.4 is 9.64 Å². The van der Waals surface area contributed by atoms with Crippen LogP contribution >= 0.6 is 11.6 Å². The molecule has 1 aliphatic carbocycles. The first-order chi connectivity index (χ1) is 16.1. The van der Waals surface area contributed by atoms with Crippen LogP contribution in [0.25, 0.3) is 10.9 Å². The standard InChI is InChI=1S/C23H29ClFN5O4/c1-22(2,3)34-21(32)30-13-4-5-14(30)10-29(9-13)19-15-8-26-18(24)16(25)17(15)27-20(28-19)33-12-23(11-31)6-7-23/h8,13-14,31H,4-7,9-12H2,1-3H3. The lowest BCUT2D eigenvalue weighted by atomic mass is 10.1. The Hall–Kier alpha value is -2.46. The molecule has 34 heavy (non-hydrogen) atoms. The van der Waals surface area contributed by atoms with Crippen molar-refractivity contribution in [1.29, 1.82) is 0 Å². The van der Waals surface area contributed by atoms with Gasteiger partial charge in [-0.1, -0.05) is 11.6 Å². The van der Waals surface area contributed by atoms with E-state index in [0.717, 1.165) is 25.7 Å². The molecule has 2 saturated heterocycles. The summed E-state index contributed by atoms with van der Waals surface area (Å²) < 4.78 is 26.3. The highest BCUT2D eigenvalue weighted by atomic mass is 35.5. The number of ether oxygens (including phenoxy) is 2. The van der Waals surface area contributed by atoms with Crippen molar-refractivity contribution in [3.63, 3.8) is 0 Å². The second-order valence-electron chi connectivity index (χ2n) is 10.6. The van der Waals surface area contributed by atoms with Crippen LogP contribution in [0.3, 0.4) is 0 Å². The summed E-state index contributed by atoms with van der Waals surface area (Å²) >= 11 is 5.93. The molecule has 4 heterocycles. The van der Waals surface area contributed by atoms with Gasteiger partial charge in [-0.2, -0.15) is 9.97 Å². The smallest absolute Gasteiger partial charge is 0.410 e. The van der Waals surface area contributed by atoms with Crippen molar-refractivity contribution >= 4 is 34.4 Å². The summed E-state index contributed by atoms with van der Waals surface area (Å²) in [7, 11) is 0. The molecule has 2 aliphatic heterocycles. The van der Waals surface area contributed by atoms with Gasteiger partial charge in [0.2, 0.25) is 0 Å². The van der Waals surface area contributed by atoms with E-state index in [1.54, 1.807) is 0 Å². The number of nitrogens with zero attached hydrogens (tertiary/aromatic N) is 5. The van der Waals surface area contributed by atoms with Crippen LogP contribution in [0.5, 0.6) is 6.01 Å². The van der Waals surface area contributed by atoms with Crippen molar-refractivity contribution < 1.29 is 23.8 Å². The summed E-state index contributed by atoms with van der Waals surface area (Å²) in [6, 6.07) is -0.0558. The minimum atomic E-state index is -0.730. The van der Waals surface area contributed by atoms with Crippen LogP contribution in [0.15, 0.2) is 6.20 Å². The zero-order valence-corrected chi connectivity index (χ0v) is 20.3. The average Bonchev–Trinajstić information content (AvgIpc) is 3.51. The first-order valence-corrected chi connectivity index (χ1v) is 12.0. The van der Waals surface area contributed by atoms with E-state index in [1.165, 1.54) is 6.20 Å². The van der Waals surface area contributed by atoms with Gasteiger partial charge in [0.15, 0.2) is 11.0 Å². The Morgan fingerprint density at radius 1 is 1.26 bits per heavy atom. The van der Waals surface area contributed by atoms with Crippen molar-refractivity contribution in [3.8, 4) is 6.01 Å². The molecule has 0 radical (unpaired) electrons. The molecule has 1 saturated carbocycles. The van der Waals surface area contributed by atoms with Gasteiger partial charge in [0, 0.05) is 24.7 Å². The third kappa shape index (κ3) is 4.33. The monoisotopic (exact) mass is 493 g/mol. The minimum Gasteiger partial charge on any atom is -0.463 e. The zero-order valence-electron chi connectivity index (χ0n) is 19.6. The molecular weight excluding hydrogens is 465 g/mol. The predicted molar refractivity (Wildman–Crippen MR) is 124 cm³/mol. The van der Waals surface area contributed by atoms with Crippen LogP contribution in [-0.2, 0) is 4.74 Å². The van der Waals surface area contributed by atoms with Crippen molar-refractivity contribution in [1.82, 2.24) is 19.9 Å². The van der Waals surface area contributed by atoms with Crippen molar-refractivity contribution in [2.75, 3.05) is 31.2 Å². The fourth-order valence-electron chi connectivity index (χ4n) is 4.74. The van der Waals surface area contributed by atoms with Gasteiger partial charge >= 0.3 is 12.1 Å². The highest BCUT2D eigenvalue weighted by Gasteiger charge is 2.45. The van der Waals surface area contributed by atoms with E-state index < -0.39 is 11.4 Å². The van der Waals surface area contributed by atoms with Crippen LogP contribution in [0.4, 0.5) is 15.0 Å². The van der Waals surface area contributed by atoms with Crippen LogP contribution in [0.2, 0.25) is 5.15 Å². The molecule has 2 bridgehead atoms. The second-order valence-corrected chi connectivity index (χ2v) is 10.9. The largest absolute Gasteiger partial charge is 0.463 e. The fraction of sp³-hybridized carbons (Fsp3) is 0.652. The molecule has 184 valence electrons. The summed E-state index contributed by atoms with van der Waals surface area (Å²) in [5, 5.41) is 9.76.